The number of rotatable bonds is 3. The van der Waals surface area contributed by atoms with E-state index < -0.39 is 0 Å². The van der Waals surface area contributed by atoms with Gasteiger partial charge in [-0.2, -0.15) is 0 Å². The van der Waals surface area contributed by atoms with Crippen LogP contribution < -0.4 is 5.73 Å². The van der Waals surface area contributed by atoms with Gasteiger partial charge >= 0.3 is 0 Å². The molecule has 6 unspecified atom stereocenters. The zero-order valence-corrected chi connectivity index (χ0v) is 14.6. The Bertz CT molecular complexity index is 535. The van der Waals surface area contributed by atoms with Crippen LogP contribution in [-0.4, -0.2) is 36.3 Å². The van der Waals surface area contributed by atoms with Crippen LogP contribution in [0.1, 0.15) is 45.4 Å². The van der Waals surface area contributed by atoms with E-state index in [-0.39, 0.29) is 47.3 Å². The third-order valence-corrected chi connectivity index (χ3v) is 6.43. The van der Waals surface area contributed by atoms with Crippen molar-refractivity contribution in [1.29, 1.82) is 0 Å². The molecule has 2 amide bonds. The summed E-state index contributed by atoms with van der Waals surface area (Å²) in [6.07, 6.45) is 4.57. The molecule has 3 aliphatic rings. The monoisotopic (exact) mass is 336 g/mol. The molecule has 134 valence electrons. The summed E-state index contributed by atoms with van der Waals surface area (Å²) < 4.78 is 0. The summed E-state index contributed by atoms with van der Waals surface area (Å²) in [6.45, 7) is 2.55. The molecule has 6 heteroatoms. The predicted molar refractivity (Wildman–Crippen MR) is 87.2 cm³/mol. The average Bonchev–Trinajstić information content (AvgIpc) is 2.57. The number of carbonyl (C=O) groups excluding carboxylic acids is 3. The molecule has 1 heterocycles. The van der Waals surface area contributed by atoms with Crippen molar-refractivity contribution < 1.29 is 19.2 Å². The Balaban J connectivity index is 1.59. The smallest absolute Gasteiger partial charge is 0.249 e. The Morgan fingerprint density at radius 1 is 1.12 bits per heavy atom. The van der Waals surface area contributed by atoms with Gasteiger partial charge in [0.05, 0.1) is 6.61 Å². The number of primary amides is 1. The molecule has 0 aromatic carbocycles. The molecule has 2 saturated carbocycles. The number of carbonyl (C=O) groups is 3. The van der Waals surface area contributed by atoms with Crippen LogP contribution in [0.15, 0.2) is 0 Å². The van der Waals surface area contributed by atoms with Crippen LogP contribution in [-0.2, 0) is 19.2 Å². The van der Waals surface area contributed by atoms with Gasteiger partial charge in [0.25, 0.3) is 0 Å². The van der Waals surface area contributed by atoms with Gasteiger partial charge in [0, 0.05) is 30.7 Å². The molecule has 0 spiro atoms. The number of amides is 2. The molecule has 3 fully saturated rings. The summed E-state index contributed by atoms with van der Waals surface area (Å²) in [5.41, 5.74) is 5.45. The highest BCUT2D eigenvalue weighted by molar-refractivity contribution is 5.85. The SMILES string of the molecule is CC1CC(C(=O)C2CCC3C(=O)N(C)OCC3C2)CCC1C(N)=O. The standard InChI is InChI=1S/C18H28N2O4/c1-10-7-11(3-5-14(10)17(19)22)16(21)12-4-6-15-13(8-12)9-24-20(2)18(15)23/h10-15H,3-9H2,1-2H3,(H2,19,22). The Morgan fingerprint density at radius 2 is 1.79 bits per heavy atom. The Labute approximate surface area is 143 Å². The molecule has 1 saturated heterocycles. The van der Waals surface area contributed by atoms with Crippen molar-refractivity contribution in [3.05, 3.63) is 0 Å². The molecule has 0 bridgehead atoms. The van der Waals surface area contributed by atoms with Gasteiger partial charge in [-0.3, -0.25) is 19.2 Å². The molecule has 0 radical (unpaired) electrons. The van der Waals surface area contributed by atoms with Crippen LogP contribution in [0.5, 0.6) is 0 Å². The summed E-state index contributed by atoms with van der Waals surface area (Å²) >= 11 is 0. The number of fused-ring (bicyclic) bond motifs is 1. The molecule has 6 atom stereocenters. The van der Waals surface area contributed by atoms with E-state index in [0.717, 1.165) is 38.5 Å². The molecular formula is C18H28N2O4. The number of hydroxylamine groups is 2. The van der Waals surface area contributed by atoms with Gasteiger partial charge in [0.1, 0.15) is 5.78 Å². The number of nitrogens with zero attached hydrogens (tertiary/aromatic N) is 1. The minimum atomic E-state index is -0.240. The van der Waals surface area contributed by atoms with Crippen molar-refractivity contribution in [3.63, 3.8) is 0 Å². The van der Waals surface area contributed by atoms with Crippen LogP contribution in [0.2, 0.25) is 0 Å². The van der Waals surface area contributed by atoms with Crippen molar-refractivity contribution in [1.82, 2.24) is 5.06 Å². The highest BCUT2D eigenvalue weighted by atomic mass is 16.7. The molecule has 6 nitrogen and oxygen atoms in total. The van der Waals surface area contributed by atoms with Crippen LogP contribution in [0, 0.1) is 35.5 Å². The normalized spacial score (nSPS) is 40.1. The van der Waals surface area contributed by atoms with Crippen molar-refractivity contribution in [2.45, 2.75) is 45.4 Å². The lowest BCUT2D eigenvalue weighted by atomic mass is 9.66. The van der Waals surface area contributed by atoms with Gasteiger partial charge in [-0.15, -0.1) is 0 Å². The van der Waals surface area contributed by atoms with Crippen LogP contribution in [0.3, 0.4) is 0 Å². The van der Waals surface area contributed by atoms with E-state index in [4.69, 9.17) is 10.6 Å². The van der Waals surface area contributed by atoms with Gasteiger partial charge < -0.3 is 5.73 Å². The van der Waals surface area contributed by atoms with Crippen LogP contribution in [0.25, 0.3) is 0 Å². The molecule has 2 aliphatic carbocycles. The molecule has 24 heavy (non-hydrogen) atoms. The van der Waals surface area contributed by atoms with Crippen molar-refractivity contribution in [2.24, 2.45) is 41.2 Å². The first-order valence-electron chi connectivity index (χ1n) is 9.12. The van der Waals surface area contributed by atoms with E-state index in [9.17, 15) is 14.4 Å². The first-order valence-corrected chi connectivity index (χ1v) is 9.12. The molecule has 0 aromatic heterocycles. The van der Waals surface area contributed by atoms with E-state index in [2.05, 4.69) is 0 Å². The van der Waals surface area contributed by atoms with E-state index in [0.29, 0.717) is 12.4 Å². The van der Waals surface area contributed by atoms with E-state index in [1.807, 2.05) is 6.92 Å². The molecule has 2 N–H and O–H groups in total. The summed E-state index contributed by atoms with van der Waals surface area (Å²) in [7, 11) is 1.66. The topological polar surface area (TPSA) is 89.7 Å². The van der Waals surface area contributed by atoms with Gasteiger partial charge in [0.2, 0.25) is 11.8 Å². The van der Waals surface area contributed by atoms with Crippen LogP contribution >= 0.6 is 0 Å². The Hall–Kier alpha value is -1.43. The average molecular weight is 336 g/mol. The first kappa shape index (κ1) is 17.4. The minimum Gasteiger partial charge on any atom is -0.369 e. The zero-order chi connectivity index (χ0) is 17.4. The summed E-state index contributed by atoms with van der Waals surface area (Å²) in [4.78, 5) is 42.0. The number of hydrogen-bond acceptors (Lipinski definition) is 4. The fraction of sp³-hybridized carbons (Fsp3) is 0.833. The maximum absolute atomic E-state index is 12.9. The third kappa shape index (κ3) is 3.21. The van der Waals surface area contributed by atoms with Gasteiger partial charge in [-0.25, -0.2) is 5.06 Å². The Morgan fingerprint density at radius 3 is 2.46 bits per heavy atom. The Kier molecular flexibility index (Phi) is 4.95. The first-order chi connectivity index (χ1) is 11.4. The molecule has 0 aromatic rings. The van der Waals surface area contributed by atoms with Gasteiger partial charge in [0.15, 0.2) is 0 Å². The number of hydrogen-bond donors (Lipinski definition) is 1. The second-order valence-corrected chi connectivity index (χ2v) is 7.91. The number of nitrogens with two attached hydrogens (primary N) is 1. The van der Waals surface area contributed by atoms with Gasteiger partial charge in [-0.1, -0.05) is 6.92 Å². The third-order valence-electron chi connectivity index (χ3n) is 6.43. The summed E-state index contributed by atoms with van der Waals surface area (Å²) in [6, 6.07) is 0. The van der Waals surface area contributed by atoms with Gasteiger partial charge in [-0.05, 0) is 50.4 Å². The lowest BCUT2D eigenvalue weighted by Gasteiger charge is -2.41. The molecular weight excluding hydrogens is 308 g/mol. The second-order valence-electron chi connectivity index (χ2n) is 7.91. The summed E-state index contributed by atoms with van der Waals surface area (Å²) in [5.74, 6) is 0.472. The number of ketones is 1. The second kappa shape index (κ2) is 6.82. The lowest BCUT2D eigenvalue weighted by molar-refractivity contribution is -0.213. The van der Waals surface area contributed by atoms with Crippen LogP contribution in [0.4, 0.5) is 0 Å². The van der Waals surface area contributed by atoms with Crippen molar-refractivity contribution in [3.8, 4) is 0 Å². The quantitative estimate of drug-likeness (QED) is 0.846. The molecule has 3 rings (SSSR count). The van der Waals surface area contributed by atoms with E-state index >= 15 is 0 Å². The number of Topliss-reactive ketones (excluding diaryl/α,β-unsaturated/α-hetero) is 1. The predicted octanol–water partition coefficient (Wildman–Crippen LogP) is 1.53. The van der Waals surface area contributed by atoms with E-state index in [1.54, 1.807) is 7.05 Å². The zero-order valence-electron chi connectivity index (χ0n) is 14.6. The van der Waals surface area contributed by atoms with Crippen molar-refractivity contribution >= 4 is 17.6 Å². The fourth-order valence-corrected chi connectivity index (χ4v) is 4.95. The molecule has 1 aliphatic heterocycles. The minimum absolute atomic E-state index is 0.0114. The maximum atomic E-state index is 12.9. The van der Waals surface area contributed by atoms with E-state index in [1.165, 1.54) is 5.06 Å². The highest BCUT2D eigenvalue weighted by Crippen LogP contribution is 2.42. The summed E-state index contributed by atoms with van der Waals surface area (Å²) in [5, 5.41) is 1.34. The van der Waals surface area contributed by atoms with Crippen molar-refractivity contribution in [2.75, 3.05) is 13.7 Å². The largest absolute Gasteiger partial charge is 0.369 e. The fourth-order valence-electron chi connectivity index (χ4n) is 4.95. The lowest BCUT2D eigenvalue weighted by Crippen LogP contribution is -2.48. The highest BCUT2D eigenvalue weighted by Gasteiger charge is 2.44. The maximum Gasteiger partial charge on any atom is 0.249 e.